The average molecular weight is 701 g/mol. The molecule has 0 unspecified atom stereocenters. The Kier molecular flexibility index (Phi) is 11.7. The molecule has 0 bridgehead atoms. The Balaban J connectivity index is 0.00000486. The normalized spacial score (nSPS) is 18.1. The first-order chi connectivity index (χ1) is 23.7. The molecule has 2 aromatic heterocycles. The number of tetrazole rings is 1. The Labute approximate surface area is 295 Å². The second-order valence-electron chi connectivity index (χ2n) is 12.7. The van der Waals surface area contributed by atoms with E-state index in [0.717, 1.165) is 35.1 Å². The van der Waals surface area contributed by atoms with Gasteiger partial charge in [-0.2, -0.15) is 0 Å². The van der Waals surface area contributed by atoms with Gasteiger partial charge in [0.1, 0.15) is 5.69 Å². The highest BCUT2D eigenvalue weighted by Gasteiger charge is 2.35. The van der Waals surface area contributed by atoms with Gasteiger partial charge < -0.3 is 21.7 Å². The van der Waals surface area contributed by atoms with Crippen LogP contribution in [0.15, 0.2) is 60.8 Å². The number of imide groups is 1. The van der Waals surface area contributed by atoms with Crippen LogP contribution in [-0.2, 0) is 20.8 Å². The van der Waals surface area contributed by atoms with Gasteiger partial charge in [-0.15, -0.1) is 17.5 Å². The number of carbonyl (C=O) groups is 4. The zero-order valence-electron chi connectivity index (χ0n) is 27.7. The highest BCUT2D eigenvalue weighted by atomic mass is 35.5. The van der Waals surface area contributed by atoms with Crippen molar-refractivity contribution in [3.05, 3.63) is 77.6 Å². The Morgan fingerprint density at radius 3 is 2.34 bits per heavy atom. The van der Waals surface area contributed by atoms with Crippen LogP contribution in [0.2, 0.25) is 0 Å². The Hall–Kier alpha value is -5.05. The first-order valence-corrected chi connectivity index (χ1v) is 16.5. The number of nitrogens with zero attached hydrogens (tertiary/aromatic N) is 6. The van der Waals surface area contributed by atoms with Crippen LogP contribution in [0.5, 0.6) is 0 Å². The van der Waals surface area contributed by atoms with E-state index in [1.165, 1.54) is 9.80 Å². The first kappa shape index (κ1) is 36.2. The predicted molar refractivity (Wildman–Crippen MR) is 189 cm³/mol. The zero-order valence-corrected chi connectivity index (χ0v) is 28.6. The van der Waals surface area contributed by atoms with Gasteiger partial charge in [0.05, 0.1) is 18.3 Å². The molecular weight excluding hydrogens is 660 g/mol. The molecule has 14 nitrogen and oxygen atoms in total. The predicted octanol–water partition coefficient (Wildman–Crippen LogP) is 2.43. The number of hydrogen-bond donors (Lipinski definition) is 4. The summed E-state index contributed by atoms with van der Waals surface area (Å²) < 4.78 is 0. The van der Waals surface area contributed by atoms with Gasteiger partial charge in [-0.05, 0) is 109 Å². The lowest BCUT2D eigenvalue weighted by Gasteiger charge is -2.32. The fourth-order valence-electron chi connectivity index (χ4n) is 6.52. The molecule has 4 aromatic rings. The number of carbonyl (C=O) groups excluding carboxylic acids is 4. The quantitative estimate of drug-likeness (QED) is 0.201. The number of amides is 4. The van der Waals surface area contributed by atoms with E-state index >= 15 is 0 Å². The maximum absolute atomic E-state index is 14.0. The fraction of sp³-hybridized carbons (Fsp3) is 0.371. The van der Waals surface area contributed by atoms with Gasteiger partial charge in [-0.3, -0.25) is 24.2 Å². The highest BCUT2D eigenvalue weighted by Crippen LogP contribution is 2.32. The van der Waals surface area contributed by atoms with Crippen LogP contribution in [0.1, 0.15) is 47.3 Å². The molecule has 1 atom stereocenters. The molecule has 0 spiro atoms. The molecule has 4 amide bonds. The van der Waals surface area contributed by atoms with Gasteiger partial charge >= 0.3 is 0 Å². The topological polar surface area (TPSA) is 206 Å². The highest BCUT2D eigenvalue weighted by molar-refractivity contribution is 6.17. The number of aromatic amines is 1. The lowest BCUT2D eigenvalue weighted by molar-refractivity contribution is -0.130. The molecule has 15 heteroatoms. The number of benzene rings is 2. The minimum absolute atomic E-state index is 0. The van der Waals surface area contributed by atoms with Crippen LogP contribution in [0, 0.1) is 18.8 Å². The summed E-state index contributed by atoms with van der Waals surface area (Å²) in [6, 6.07) is 15.3. The minimum Gasteiger partial charge on any atom is -0.353 e. The van der Waals surface area contributed by atoms with Crippen molar-refractivity contribution in [1.82, 2.24) is 35.8 Å². The Morgan fingerprint density at radius 2 is 1.72 bits per heavy atom. The van der Waals surface area contributed by atoms with E-state index in [2.05, 4.69) is 30.9 Å². The summed E-state index contributed by atoms with van der Waals surface area (Å²) >= 11 is 0. The number of halogens is 1. The Bertz CT molecular complexity index is 1810. The average Bonchev–Trinajstić information content (AvgIpc) is 3.67. The van der Waals surface area contributed by atoms with Gasteiger partial charge in [0.2, 0.25) is 11.8 Å². The van der Waals surface area contributed by atoms with Crippen LogP contribution in [-0.4, -0.2) is 86.4 Å². The van der Waals surface area contributed by atoms with Gasteiger partial charge in [0.25, 0.3) is 11.8 Å². The number of H-pyrrole nitrogens is 1. The number of hydrogen-bond acceptors (Lipinski definition) is 10. The van der Waals surface area contributed by atoms with Crippen molar-refractivity contribution in [3.63, 3.8) is 0 Å². The van der Waals surface area contributed by atoms with Crippen LogP contribution in [0.4, 0.5) is 5.69 Å². The summed E-state index contributed by atoms with van der Waals surface area (Å²) in [5.41, 5.74) is 17.3. The number of nitrogens with two attached hydrogens (primary N) is 2. The van der Waals surface area contributed by atoms with Crippen LogP contribution in [0.25, 0.3) is 22.5 Å². The lowest BCUT2D eigenvalue weighted by atomic mass is 9.81. The maximum atomic E-state index is 14.0. The van der Waals surface area contributed by atoms with Gasteiger partial charge in [-0.1, -0.05) is 24.3 Å². The van der Waals surface area contributed by atoms with Gasteiger partial charge in [0, 0.05) is 36.3 Å². The minimum atomic E-state index is -0.973. The zero-order chi connectivity index (χ0) is 34.5. The molecule has 0 radical (unpaired) electrons. The largest absolute Gasteiger partial charge is 0.353 e. The number of anilines is 1. The van der Waals surface area contributed by atoms with Crippen molar-refractivity contribution >= 4 is 41.7 Å². The van der Waals surface area contributed by atoms with Gasteiger partial charge in [0.15, 0.2) is 5.82 Å². The van der Waals surface area contributed by atoms with E-state index in [-0.39, 0.29) is 54.7 Å². The molecule has 262 valence electrons. The standard InChI is InChI=1S/C35H40N10O4.ClH/c1-21-16-30(35(49)44-15-14-38-31(46)20-44)39-19-28(21)24-6-2-22(3-7-24)17-29(37)34(48)45(33(47)26-8-4-23(18-36)5-9-26)27-12-10-25(11-13-27)32-40-42-43-41-32;/h2-3,6-7,10-13,16,19,23,26,29H,4-5,8-9,14-15,17-18,20,36-37H2,1H3,(H,38,46)(H,40,41,42,43);1H/t23-,26-,29-;/m0./s1. The van der Waals surface area contributed by atoms with Crippen molar-refractivity contribution in [2.24, 2.45) is 23.3 Å². The van der Waals surface area contributed by atoms with Crippen molar-refractivity contribution in [2.45, 2.75) is 45.1 Å². The van der Waals surface area contributed by atoms with E-state index in [1.807, 2.05) is 31.2 Å². The number of piperazine rings is 1. The molecule has 2 fully saturated rings. The molecule has 50 heavy (non-hydrogen) atoms. The molecule has 2 aromatic carbocycles. The monoisotopic (exact) mass is 700 g/mol. The molecule has 3 heterocycles. The number of aromatic nitrogens is 5. The van der Waals surface area contributed by atoms with Crippen molar-refractivity contribution in [2.75, 3.05) is 31.1 Å². The first-order valence-electron chi connectivity index (χ1n) is 16.5. The van der Waals surface area contributed by atoms with E-state index in [4.69, 9.17) is 11.5 Å². The van der Waals surface area contributed by atoms with Crippen LogP contribution >= 0.6 is 12.4 Å². The SMILES string of the molecule is Cc1cc(C(=O)N2CCNC(=O)C2)ncc1-c1ccc(C[C@H](N)C(=O)N(c2ccc(-c3nnn[nH]3)cc2)C(=O)[C@H]2CC[C@H](CN)CC2)cc1.Cl. The van der Waals surface area contributed by atoms with E-state index in [9.17, 15) is 19.2 Å². The third kappa shape index (κ3) is 8.04. The third-order valence-corrected chi connectivity index (χ3v) is 9.41. The van der Waals surface area contributed by atoms with Gasteiger partial charge in [-0.25, -0.2) is 10.00 Å². The number of rotatable bonds is 9. The van der Waals surface area contributed by atoms with Crippen molar-refractivity contribution < 1.29 is 19.2 Å². The molecule has 1 saturated heterocycles. The number of nitrogens with one attached hydrogen (secondary N) is 2. The number of pyridine rings is 1. The summed E-state index contributed by atoms with van der Waals surface area (Å²) in [4.78, 5) is 59.7. The van der Waals surface area contributed by atoms with Crippen LogP contribution in [0.3, 0.4) is 0 Å². The third-order valence-electron chi connectivity index (χ3n) is 9.41. The summed E-state index contributed by atoms with van der Waals surface area (Å²) in [6.07, 6.45) is 4.90. The molecule has 6 rings (SSSR count). The van der Waals surface area contributed by atoms with Crippen LogP contribution < -0.4 is 21.7 Å². The van der Waals surface area contributed by atoms with E-state index < -0.39 is 11.9 Å². The maximum Gasteiger partial charge on any atom is 0.272 e. The number of aryl methyl sites for hydroxylation is 1. The molecular formula is C35H41ClN10O4. The smallest absolute Gasteiger partial charge is 0.272 e. The molecule has 1 saturated carbocycles. The van der Waals surface area contributed by atoms with E-state index in [1.54, 1.807) is 36.5 Å². The summed E-state index contributed by atoms with van der Waals surface area (Å²) in [5, 5.41) is 16.6. The van der Waals surface area contributed by atoms with Crippen molar-refractivity contribution in [1.29, 1.82) is 0 Å². The van der Waals surface area contributed by atoms with E-state index in [0.29, 0.717) is 55.5 Å². The molecule has 1 aliphatic carbocycles. The second kappa shape index (κ2) is 16.1. The molecule has 6 N–H and O–H groups in total. The molecule has 2 aliphatic rings. The molecule has 1 aliphatic heterocycles. The second-order valence-corrected chi connectivity index (χ2v) is 12.7. The van der Waals surface area contributed by atoms with Crippen molar-refractivity contribution in [3.8, 4) is 22.5 Å². The summed E-state index contributed by atoms with van der Waals surface area (Å²) in [5.74, 6) is -0.637. The Morgan fingerprint density at radius 1 is 1.02 bits per heavy atom. The summed E-state index contributed by atoms with van der Waals surface area (Å²) in [6.45, 7) is 3.37. The lowest BCUT2D eigenvalue weighted by Crippen LogP contribution is -2.50. The fourth-order valence-corrected chi connectivity index (χ4v) is 6.52. The summed E-state index contributed by atoms with van der Waals surface area (Å²) in [7, 11) is 0.